The van der Waals surface area contributed by atoms with Gasteiger partial charge in [0, 0.05) is 12.7 Å². The van der Waals surface area contributed by atoms with E-state index in [1.54, 1.807) is 41.1 Å². The van der Waals surface area contributed by atoms with Crippen LogP contribution in [0.15, 0.2) is 66.9 Å². The van der Waals surface area contributed by atoms with E-state index in [-0.39, 0.29) is 0 Å². The molecule has 0 saturated heterocycles. The number of aryl methyl sites for hydroxylation is 1. The summed E-state index contributed by atoms with van der Waals surface area (Å²) in [5.41, 5.74) is 3.07. The standard InChI is InChI=1S/C22H22N2O3/c1-3-27-20-9-5-4-7-18(20)23-22(26)21(25)19-8-6-14-24(19)15-17-12-10-16(2)11-13-17/h4-14H,3,15H2,1-2H3,(H,23,26). The average Bonchev–Trinajstić information content (AvgIpc) is 3.13. The zero-order chi connectivity index (χ0) is 19.2. The molecule has 1 aromatic heterocycles. The third-order valence-corrected chi connectivity index (χ3v) is 4.18. The third-order valence-electron chi connectivity index (χ3n) is 4.18. The van der Waals surface area contributed by atoms with Crippen LogP contribution < -0.4 is 10.1 Å². The molecule has 0 unspecified atom stereocenters. The van der Waals surface area contributed by atoms with Crippen LogP contribution in [-0.2, 0) is 11.3 Å². The van der Waals surface area contributed by atoms with Gasteiger partial charge in [-0.1, -0.05) is 42.0 Å². The van der Waals surface area contributed by atoms with E-state index < -0.39 is 11.7 Å². The zero-order valence-corrected chi connectivity index (χ0v) is 15.4. The van der Waals surface area contributed by atoms with Crippen LogP contribution in [0.25, 0.3) is 0 Å². The lowest BCUT2D eigenvalue weighted by Crippen LogP contribution is -2.25. The van der Waals surface area contributed by atoms with Gasteiger partial charge >= 0.3 is 0 Å². The van der Waals surface area contributed by atoms with Crippen LogP contribution in [0.5, 0.6) is 5.75 Å². The van der Waals surface area contributed by atoms with Gasteiger partial charge in [-0.15, -0.1) is 0 Å². The smallest absolute Gasteiger partial charge is 0.298 e. The molecule has 0 saturated carbocycles. The van der Waals surface area contributed by atoms with Crippen molar-refractivity contribution >= 4 is 17.4 Å². The van der Waals surface area contributed by atoms with Gasteiger partial charge in [0.1, 0.15) is 5.75 Å². The summed E-state index contributed by atoms with van der Waals surface area (Å²) in [5.74, 6) is -0.736. The van der Waals surface area contributed by atoms with Crippen molar-refractivity contribution < 1.29 is 14.3 Å². The van der Waals surface area contributed by atoms with Crippen molar-refractivity contribution in [2.24, 2.45) is 0 Å². The Balaban J connectivity index is 1.76. The lowest BCUT2D eigenvalue weighted by atomic mass is 10.1. The fourth-order valence-electron chi connectivity index (χ4n) is 2.79. The second-order valence-electron chi connectivity index (χ2n) is 6.22. The van der Waals surface area contributed by atoms with Crippen molar-refractivity contribution in [1.29, 1.82) is 0 Å². The highest BCUT2D eigenvalue weighted by molar-refractivity contribution is 6.46. The maximum Gasteiger partial charge on any atom is 0.298 e. The fourth-order valence-corrected chi connectivity index (χ4v) is 2.79. The lowest BCUT2D eigenvalue weighted by Gasteiger charge is -2.12. The van der Waals surface area contributed by atoms with Gasteiger partial charge in [-0.05, 0) is 43.7 Å². The first-order valence-electron chi connectivity index (χ1n) is 8.86. The van der Waals surface area contributed by atoms with Gasteiger partial charge in [0.05, 0.1) is 18.0 Å². The van der Waals surface area contributed by atoms with Crippen LogP contribution >= 0.6 is 0 Å². The summed E-state index contributed by atoms with van der Waals surface area (Å²) in [6, 6.07) is 18.6. The van der Waals surface area contributed by atoms with Gasteiger partial charge in [-0.25, -0.2) is 0 Å². The first kappa shape index (κ1) is 18.5. The maximum atomic E-state index is 12.7. The number of benzene rings is 2. The van der Waals surface area contributed by atoms with E-state index in [1.165, 1.54) is 5.56 Å². The highest BCUT2D eigenvalue weighted by atomic mass is 16.5. The third kappa shape index (κ3) is 4.44. The van der Waals surface area contributed by atoms with Crippen LogP contribution in [0.2, 0.25) is 0 Å². The number of carbonyl (C=O) groups is 2. The van der Waals surface area contributed by atoms with Gasteiger partial charge in [0.15, 0.2) is 0 Å². The van der Waals surface area contributed by atoms with E-state index in [9.17, 15) is 9.59 Å². The molecule has 138 valence electrons. The van der Waals surface area contributed by atoms with Crippen molar-refractivity contribution in [2.75, 3.05) is 11.9 Å². The Labute approximate surface area is 158 Å². The summed E-state index contributed by atoms with van der Waals surface area (Å²) >= 11 is 0. The molecule has 0 aliphatic rings. The molecule has 2 aromatic carbocycles. The van der Waals surface area contributed by atoms with Gasteiger partial charge in [0.2, 0.25) is 0 Å². The number of rotatable bonds is 7. The Kier molecular flexibility index (Phi) is 5.71. The number of para-hydroxylation sites is 2. The first-order valence-corrected chi connectivity index (χ1v) is 8.86. The quantitative estimate of drug-likeness (QED) is 0.509. The van der Waals surface area contributed by atoms with E-state index in [0.29, 0.717) is 30.3 Å². The Morgan fingerprint density at radius 3 is 2.48 bits per heavy atom. The van der Waals surface area contributed by atoms with Crippen LogP contribution in [0.4, 0.5) is 5.69 Å². The van der Waals surface area contributed by atoms with Gasteiger partial charge in [0.25, 0.3) is 11.7 Å². The topological polar surface area (TPSA) is 60.3 Å². The van der Waals surface area contributed by atoms with Gasteiger partial charge in [-0.2, -0.15) is 0 Å². The minimum atomic E-state index is -0.689. The number of hydrogen-bond acceptors (Lipinski definition) is 3. The highest BCUT2D eigenvalue weighted by Crippen LogP contribution is 2.24. The minimum Gasteiger partial charge on any atom is -0.492 e. The SMILES string of the molecule is CCOc1ccccc1NC(=O)C(=O)c1cccn1Cc1ccc(C)cc1. The van der Waals surface area contributed by atoms with E-state index in [1.807, 2.05) is 44.2 Å². The molecule has 0 aliphatic heterocycles. The molecular weight excluding hydrogens is 340 g/mol. The molecule has 3 rings (SSSR count). The molecule has 1 N–H and O–H groups in total. The molecule has 1 heterocycles. The van der Waals surface area contributed by atoms with Crippen LogP contribution in [0.1, 0.15) is 28.5 Å². The molecule has 5 nitrogen and oxygen atoms in total. The number of hydrogen-bond donors (Lipinski definition) is 1. The number of amides is 1. The molecular formula is C22H22N2O3. The summed E-state index contributed by atoms with van der Waals surface area (Å²) < 4.78 is 7.27. The molecule has 3 aromatic rings. The molecule has 27 heavy (non-hydrogen) atoms. The summed E-state index contributed by atoms with van der Waals surface area (Å²) in [7, 11) is 0. The number of ketones is 1. The number of ether oxygens (including phenoxy) is 1. The summed E-state index contributed by atoms with van der Waals surface area (Å²) in [6.45, 7) is 4.89. The van der Waals surface area contributed by atoms with Crippen molar-refractivity contribution in [3.05, 3.63) is 83.7 Å². The van der Waals surface area contributed by atoms with Crippen molar-refractivity contribution in [1.82, 2.24) is 4.57 Å². The zero-order valence-electron chi connectivity index (χ0n) is 15.4. The monoisotopic (exact) mass is 362 g/mol. The molecule has 1 amide bonds. The first-order chi connectivity index (χ1) is 13.1. The molecule has 0 aliphatic carbocycles. The van der Waals surface area contributed by atoms with Gasteiger partial charge < -0.3 is 14.6 Å². The number of anilines is 1. The average molecular weight is 362 g/mol. The molecule has 0 radical (unpaired) electrons. The van der Waals surface area contributed by atoms with Gasteiger partial charge in [-0.3, -0.25) is 9.59 Å². The van der Waals surface area contributed by atoms with Crippen LogP contribution in [0, 0.1) is 6.92 Å². The van der Waals surface area contributed by atoms with Crippen molar-refractivity contribution in [3.8, 4) is 5.75 Å². The Hall–Kier alpha value is -3.34. The highest BCUT2D eigenvalue weighted by Gasteiger charge is 2.21. The van der Waals surface area contributed by atoms with E-state index in [2.05, 4.69) is 5.32 Å². The van der Waals surface area contributed by atoms with Crippen molar-refractivity contribution in [2.45, 2.75) is 20.4 Å². The largest absolute Gasteiger partial charge is 0.492 e. The summed E-state index contributed by atoms with van der Waals surface area (Å²) in [4.78, 5) is 25.2. The molecule has 0 fully saturated rings. The number of aromatic nitrogens is 1. The number of carbonyl (C=O) groups excluding carboxylic acids is 2. The van der Waals surface area contributed by atoms with Crippen LogP contribution in [-0.4, -0.2) is 22.9 Å². The van der Waals surface area contributed by atoms with E-state index in [0.717, 1.165) is 5.56 Å². The lowest BCUT2D eigenvalue weighted by molar-refractivity contribution is -0.112. The summed E-state index contributed by atoms with van der Waals surface area (Å²) in [6.07, 6.45) is 1.80. The maximum absolute atomic E-state index is 12.7. The summed E-state index contributed by atoms with van der Waals surface area (Å²) in [5, 5.41) is 2.66. The normalized spacial score (nSPS) is 10.4. The second-order valence-corrected chi connectivity index (χ2v) is 6.22. The predicted octanol–water partition coefficient (Wildman–Crippen LogP) is 4.06. The number of Topliss-reactive ketones (excluding diaryl/α,β-unsaturated/α-hetero) is 1. The van der Waals surface area contributed by atoms with E-state index >= 15 is 0 Å². The molecule has 0 atom stereocenters. The Bertz CT molecular complexity index is 942. The number of nitrogens with one attached hydrogen (secondary N) is 1. The minimum absolute atomic E-state index is 0.349. The van der Waals surface area contributed by atoms with Crippen molar-refractivity contribution in [3.63, 3.8) is 0 Å². The molecule has 0 bridgehead atoms. The molecule has 5 heteroatoms. The fraction of sp³-hybridized carbons (Fsp3) is 0.182. The Morgan fingerprint density at radius 1 is 1.00 bits per heavy atom. The molecule has 0 spiro atoms. The van der Waals surface area contributed by atoms with Crippen LogP contribution in [0.3, 0.4) is 0 Å². The van der Waals surface area contributed by atoms with E-state index in [4.69, 9.17) is 4.74 Å². The second kappa shape index (κ2) is 8.36. The Morgan fingerprint density at radius 2 is 1.74 bits per heavy atom. The number of nitrogens with zero attached hydrogens (tertiary/aromatic N) is 1. The predicted molar refractivity (Wildman–Crippen MR) is 105 cm³/mol.